The Morgan fingerprint density at radius 1 is 1.39 bits per heavy atom. The molecule has 1 aliphatic carbocycles. The minimum atomic E-state index is 0.228. The molecule has 1 aromatic rings. The summed E-state index contributed by atoms with van der Waals surface area (Å²) in [6.45, 7) is 9.68. The third kappa shape index (κ3) is 3.36. The van der Waals surface area contributed by atoms with Gasteiger partial charge in [0.05, 0.1) is 0 Å². The van der Waals surface area contributed by atoms with Crippen LogP contribution in [-0.2, 0) is 6.54 Å². The van der Waals surface area contributed by atoms with Crippen LogP contribution in [0.25, 0.3) is 0 Å². The maximum atomic E-state index is 5.67. The maximum absolute atomic E-state index is 5.67. The molecule has 0 bridgehead atoms. The van der Waals surface area contributed by atoms with E-state index in [1.807, 2.05) is 12.1 Å². The normalized spacial score (nSPS) is 15.4. The van der Waals surface area contributed by atoms with Crippen LogP contribution in [0.3, 0.4) is 0 Å². The average molecular weight is 245 g/mol. The predicted molar refractivity (Wildman–Crippen MR) is 75.8 cm³/mol. The van der Waals surface area contributed by atoms with Crippen LogP contribution in [0.1, 0.15) is 32.3 Å². The van der Waals surface area contributed by atoms with Crippen molar-refractivity contribution in [3.63, 3.8) is 0 Å². The summed E-state index contributed by atoms with van der Waals surface area (Å²) >= 11 is 0. The van der Waals surface area contributed by atoms with Crippen LogP contribution < -0.4 is 10.1 Å². The van der Waals surface area contributed by atoms with Gasteiger partial charge in [-0.15, -0.1) is 0 Å². The fourth-order valence-electron chi connectivity index (χ4n) is 2.21. The van der Waals surface area contributed by atoms with E-state index in [1.54, 1.807) is 6.08 Å². The summed E-state index contributed by atoms with van der Waals surface area (Å²) < 4.78 is 5.67. The van der Waals surface area contributed by atoms with Crippen molar-refractivity contribution in [2.45, 2.75) is 38.8 Å². The molecule has 0 atom stereocenters. The van der Waals surface area contributed by atoms with Crippen LogP contribution in [0.2, 0.25) is 0 Å². The summed E-state index contributed by atoms with van der Waals surface area (Å²) in [5.41, 5.74) is 1.44. The molecule has 0 saturated heterocycles. The second-order valence-corrected chi connectivity index (χ2v) is 5.56. The first-order valence-corrected chi connectivity index (χ1v) is 6.70. The van der Waals surface area contributed by atoms with Crippen LogP contribution in [0, 0.1) is 5.92 Å². The van der Waals surface area contributed by atoms with Crippen molar-refractivity contribution in [1.82, 2.24) is 5.32 Å². The monoisotopic (exact) mass is 245 g/mol. The van der Waals surface area contributed by atoms with E-state index >= 15 is 0 Å². The largest absolute Gasteiger partial charge is 0.489 e. The van der Waals surface area contributed by atoms with Gasteiger partial charge in [0.2, 0.25) is 0 Å². The van der Waals surface area contributed by atoms with Crippen molar-refractivity contribution in [2.24, 2.45) is 5.92 Å². The predicted octanol–water partition coefficient (Wildman–Crippen LogP) is 3.53. The van der Waals surface area contributed by atoms with Crippen LogP contribution >= 0.6 is 0 Å². The second-order valence-electron chi connectivity index (χ2n) is 5.56. The van der Waals surface area contributed by atoms with Crippen molar-refractivity contribution in [3.8, 4) is 5.75 Å². The number of rotatable bonds is 7. The van der Waals surface area contributed by atoms with E-state index in [0.717, 1.165) is 18.2 Å². The van der Waals surface area contributed by atoms with Crippen molar-refractivity contribution in [2.75, 3.05) is 6.61 Å². The van der Waals surface area contributed by atoms with Gasteiger partial charge in [-0.2, -0.15) is 0 Å². The molecule has 2 nitrogen and oxygen atoms in total. The Bertz CT molecular complexity index is 407. The smallest absolute Gasteiger partial charge is 0.124 e. The maximum Gasteiger partial charge on any atom is 0.124 e. The molecule has 0 heterocycles. The number of para-hydroxylation sites is 1. The molecular weight excluding hydrogens is 222 g/mol. The van der Waals surface area contributed by atoms with Gasteiger partial charge in [-0.1, -0.05) is 30.9 Å². The van der Waals surface area contributed by atoms with Gasteiger partial charge in [-0.25, -0.2) is 0 Å². The lowest BCUT2D eigenvalue weighted by atomic mass is 9.98. The quantitative estimate of drug-likeness (QED) is 0.742. The Hall–Kier alpha value is -1.28. The zero-order chi connectivity index (χ0) is 13.0. The van der Waals surface area contributed by atoms with E-state index in [-0.39, 0.29) is 5.54 Å². The average Bonchev–Trinajstić information content (AvgIpc) is 3.19. The Morgan fingerprint density at radius 2 is 2.11 bits per heavy atom. The minimum Gasteiger partial charge on any atom is -0.489 e. The van der Waals surface area contributed by atoms with E-state index in [0.29, 0.717) is 6.61 Å². The molecule has 2 heteroatoms. The molecule has 18 heavy (non-hydrogen) atoms. The summed E-state index contributed by atoms with van der Waals surface area (Å²) in [4.78, 5) is 0. The van der Waals surface area contributed by atoms with E-state index in [9.17, 15) is 0 Å². The molecule has 1 aromatic carbocycles. The summed E-state index contributed by atoms with van der Waals surface area (Å²) in [5.74, 6) is 1.79. The lowest BCUT2D eigenvalue weighted by Gasteiger charge is -2.26. The minimum absolute atomic E-state index is 0.228. The first-order valence-electron chi connectivity index (χ1n) is 6.70. The van der Waals surface area contributed by atoms with Crippen molar-refractivity contribution in [1.29, 1.82) is 0 Å². The van der Waals surface area contributed by atoms with Crippen LogP contribution in [0.15, 0.2) is 36.9 Å². The fraction of sp³-hybridized carbons (Fsp3) is 0.500. The lowest BCUT2D eigenvalue weighted by Crippen LogP contribution is -2.40. The number of nitrogens with one attached hydrogen (secondary N) is 1. The first kappa shape index (κ1) is 13.2. The highest BCUT2D eigenvalue weighted by Gasteiger charge is 2.37. The van der Waals surface area contributed by atoms with Gasteiger partial charge in [0, 0.05) is 17.6 Å². The molecule has 1 N–H and O–H groups in total. The first-order chi connectivity index (χ1) is 8.63. The molecule has 1 fully saturated rings. The second kappa shape index (κ2) is 5.57. The van der Waals surface area contributed by atoms with Gasteiger partial charge in [0.1, 0.15) is 12.4 Å². The summed E-state index contributed by atoms with van der Waals surface area (Å²) in [7, 11) is 0. The third-order valence-corrected chi connectivity index (χ3v) is 3.66. The van der Waals surface area contributed by atoms with Gasteiger partial charge < -0.3 is 10.1 Å². The number of benzene rings is 1. The summed E-state index contributed by atoms with van der Waals surface area (Å²) in [6.07, 6.45) is 4.49. The Kier molecular flexibility index (Phi) is 4.07. The molecule has 0 amide bonds. The highest BCUT2D eigenvalue weighted by atomic mass is 16.5. The lowest BCUT2D eigenvalue weighted by molar-refractivity contribution is 0.327. The molecule has 1 aliphatic rings. The number of hydrogen-bond acceptors (Lipinski definition) is 2. The molecule has 98 valence electrons. The van der Waals surface area contributed by atoms with Crippen molar-refractivity contribution >= 4 is 0 Å². The van der Waals surface area contributed by atoms with Gasteiger partial charge in [0.25, 0.3) is 0 Å². The number of hydrogen-bond donors (Lipinski definition) is 1. The Morgan fingerprint density at radius 3 is 2.78 bits per heavy atom. The van der Waals surface area contributed by atoms with Gasteiger partial charge >= 0.3 is 0 Å². The third-order valence-electron chi connectivity index (χ3n) is 3.66. The molecule has 0 unspecified atom stereocenters. The van der Waals surface area contributed by atoms with Crippen LogP contribution in [-0.4, -0.2) is 12.1 Å². The molecule has 0 radical (unpaired) electrons. The molecule has 0 spiro atoms. The zero-order valence-electron chi connectivity index (χ0n) is 11.4. The molecule has 0 aliphatic heterocycles. The van der Waals surface area contributed by atoms with E-state index in [2.05, 4.69) is 37.9 Å². The van der Waals surface area contributed by atoms with E-state index < -0.39 is 0 Å². The van der Waals surface area contributed by atoms with Gasteiger partial charge in [0.15, 0.2) is 0 Å². The van der Waals surface area contributed by atoms with Crippen molar-refractivity contribution < 1.29 is 4.74 Å². The molecule has 1 saturated carbocycles. The highest BCUT2D eigenvalue weighted by molar-refractivity contribution is 5.33. The summed E-state index contributed by atoms with van der Waals surface area (Å²) in [5, 5.41) is 3.65. The zero-order valence-corrected chi connectivity index (χ0v) is 11.4. The SMILES string of the molecule is C=CCOc1ccccc1CNC(C)(C)C1CC1. The Labute approximate surface area is 110 Å². The summed E-state index contributed by atoms with van der Waals surface area (Å²) in [6, 6.07) is 8.20. The molecule has 0 aromatic heterocycles. The van der Waals surface area contributed by atoms with Crippen LogP contribution in [0.5, 0.6) is 5.75 Å². The molecular formula is C16H23NO. The van der Waals surface area contributed by atoms with Crippen LogP contribution in [0.4, 0.5) is 0 Å². The number of ether oxygens (including phenoxy) is 1. The van der Waals surface area contributed by atoms with Gasteiger partial charge in [-0.3, -0.25) is 0 Å². The van der Waals surface area contributed by atoms with E-state index in [4.69, 9.17) is 4.74 Å². The standard InChI is InChI=1S/C16H23NO/c1-4-11-18-15-8-6-5-7-13(15)12-17-16(2,3)14-9-10-14/h4-8,14,17H,1,9-12H2,2-3H3. The van der Waals surface area contributed by atoms with E-state index in [1.165, 1.54) is 18.4 Å². The van der Waals surface area contributed by atoms with Crippen molar-refractivity contribution in [3.05, 3.63) is 42.5 Å². The van der Waals surface area contributed by atoms with Gasteiger partial charge in [-0.05, 0) is 38.7 Å². The highest BCUT2D eigenvalue weighted by Crippen LogP contribution is 2.39. The molecule has 2 rings (SSSR count). The Balaban J connectivity index is 1.97. The topological polar surface area (TPSA) is 21.3 Å². The fourth-order valence-corrected chi connectivity index (χ4v) is 2.21.